The minimum absolute atomic E-state index is 0.183. The molecule has 2 aromatic rings. The Hall–Kier alpha value is -2.50. The molecule has 1 aromatic heterocycles. The number of hydrogen-bond acceptors (Lipinski definition) is 3. The number of benzene rings is 1. The zero-order valence-electron chi connectivity index (χ0n) is 10.3. The molecule has 0 aliphatic heterocycles. The monoisotopic (exact) mass is 261 g/mol. The molecule has 0 atom stereocenters. The van der Waals surface area contributed by atoms with E-state index in [9.17, 15) is 14.0 Å². The molecule has 1 amide bonds. The second kappa shape index (κ2) is 5.43. The van der Waals surface area contributed by atoms with Crippen LogP contribution in [0.3, 0.4) is 0 Å². The number of amides is 1. The molecular weight excluding hydrogens is 249 g/mol. The number of aromatic nitrogens is 2. The Labute approximate surface area is 108 Å². The van der Waals surface area contributed by atoms with E-state index in [1.807, 2.05) is 0 Å². The van der Waals surface area contributed by atoms with Gasteiger partial charge in [-0.15, -0.1) is 0 Å². The summed E-state index contributed by atoms with van der Waals surface area (Å²) >= 11 is 0. The molecule has 5 nitrogen and oxygen atoms in total. The topological polar surface area (TPSA) is 64.0 Å². The molecular formula is C13H12FN3O2. The summed E-state index contributed by atoms with van der Waals surface area (Å²) in [7, 11) is 0. The van der Waals surface area contributed by atoms with Crippen LogP contribution >= 0.6 is 0 Å². The molecule has 0 fully saturated rings. The van der Waals surface area contributed by atoms with Crippen LogP contribution in [0.2, 0.25) is 0 Å². The minimum Gasteiger partial charge on any atom is -0.324 e. The van der Waals surface area contributed by atoms with E-state index in [0.717, 1.165) is 4.68 Å². The van der Waals surface area contributed by atoms with Gasteiger partial charge in [-0.1, -0.05) is 0 Å². The van der Waals surface area contributed by atoms with Crippen LogP contribution in [0.1, 0.15) is 5.69 Å². The average molecular weight is 261 g/mol. The normalized spacial score (nSPS) is 10.2. The quantitative estimate of drug-likeness (QED) is 0.906. The third kappa shape index (κ3) is 3.48. The van der Waals surface area contributed by atoms with Crippen molar-refractivity contribution in [2.45, 2.75) is 13.5 Å². The minimum atomic E-state index is -0.396. The molecule has 0 aliphatic rings. The van der Waals surface area contributed by atoms with E-state index in [2.05, 4.69) is 10.4 Å². The Bertz CT molecular complexity index is 650. The van der Waals surface area contributed by atoms with Crippen molar-refractivity contribution < 1.29 is 9.18 Å². The third-order valence-corrected chi connectivity index (χ3v) is 2.42. The van der Waals surface area contributed by atoms with E-state index in [4.69, 9.17) is 0 Å². The molecule has 0 bridgehead atoms. The lowest BCUT2D eigenvalue weighted by Crippen LogP contribution is -2.29. The van der Waals surface area contributed by atoms with Crippen LogP contribution in [-0.4, -0.2) is 15.7 Å². The van der Waals surface area contributed by atoms with Crippen molar-refractivity contribution in [3.63, 3.8) is 0 Å². The Morgan fingerprint density at radius 3 is 2.63 bits per heavy atom. The fourth-order valence-corrected chi connectivity index (χ4v) is 1.53. The van der Waals surface area contributed by atoms with E-state index in [1.54, 1.807) is 13.0 Å². The van der Waals surface area contributed by atoms with Gasteiger partial charge in [-0.2, -0.15) is 5.10 Å². The van der Waals surface area contributed by atoms with Gasteiger partial charge < -0.3 is 5.32 Å². The summed E-state index contributed by atoms with van der Waals surface area (Å²) in [5.74, 6) is -0.777. The molecule has 6 heteroatoms. The number of anilines is 1. The summed E-state index contributed by atoms with van der Waals surface area (Å²) in [6.07, 6.45) is 0. The zero-order valence-corrected chi connectivity index (χ0v) is 10.3. The Balaban J connectivity index is 2.07. The van der Waals surface area contributed by atoms with E-state index < -0.39 is 5.91 Å². The van der Waals surface area contributed by atoms with E-state index >= 15 is 0 Å². The van der Waals surface area contributed by atoms with Gasteiger partial charge in [-0.05, 0) is 37.3 Å². The zero-order chi connectivity index (χ0) is 13.8. The fraction of sp³-hybridized carbons (Fsp3) is 0.154. The van der Waals surface area contributed by atoms with Crippen LogP contribution in [0.15, 0.2) is 41.2 Å². The van der Waals surface area contributed by atoms with E-state index in [0.29, 0.717) is 11.4 Å². The first-order valence-corrected chi connectivity index (χ1v) is 5.65. The van der Waals surface area contributed by atoms with Crippen molar-refractivity contribution in [2.24, 2.45) is 0 Å². The highest BCUT2D eigenvalue weighted by Gasteiger charge is 2.06. The second-order valence-corrected chi connectivity index (χ2v) is 4.03. The number of halogens is 1. The molecule has 0 radical (unpaired) electrons. The number of nitrogens with one attached hydrogen (secondary N) is 1. The Kier molecular flexibility index (Phi) is 3.70. The SMILES string of the molecule is Cc1ccc(=O)n(CC(=O)Nc2ccc(F)cc2)n1. The molecule has 0 aliphatic carbocycles. The first-order chi connectivity index (χ1) is 9.04. The summed E-state index contributed by atoms with van der Waals surface area (Å²) in [5, 5.41) is 6.51. The number of aryl methyl sites for hydroxylation is 1. The molecule has 0 saturated carbocycles. The van der Waals surface area contributed by atoms with Crippen LogP contribution in [0.4, 0.5) is 10.1 Å². The lowest BCUT2D eigenvalue weighted by Gasteiger charge is -2.06. The molecule has 0 spiro atoms. The van der Waals surface area contributed by atoms with E-state index in [-0.39, 0.29) is 17.9 Å². The highest BCUT2D eigenvalue weighted by molar-refractivity contribution is 5.90. The molecule has 1 aromatic carbocycles. The summed E-state index contributed by atoms with van der Waals surface area (Å²) in [6.45, 7) is 1.55. The Morgan fingerprint density at radius 1 is 1.26 bits per heavy atom. The van der Waals surface area contributed by atoms with Crippen molar-refractivity contribution in [1.82, 2.24) is 9.78 Å². The second-order valence-electron chi connectivity index (χ2n) is 4.03. The maximum Gasteiger partial charge on any atom is 0.267 e. The van der Waals surface area contributed by atoms with Crippen LogP contribution < -0.4 is 10.9 Å². The third-order valence-electron chi connectivity index (χ3n) is 2.42. The predicted octanol–water partition coefficient (Wildman–Crippen LogP) is 1.33. The number of carbonyl (C=O) groups is 1. The fourth-order valence-electron chi connectivity index (χ4n) is 1.53. The van der Waals surface area contributed by atoms with E-state index in [1.165, 1.54) is 30.3 Å². The van der Waals surface area contributed by atoms with Gasteiger partial charge in [0.1, 0.15) is 12.4 Å². The first kappa shape index (κ1) is 12.9. The number of rotatable bonds is 3. The van der Waals surface area contributed by atoms with Gasteiger partial charge in [-0.3, -0.25) is 9.59 Å². The van der Waals surface area contributed by atoms with Crippen LogP contribution in [-0.2, 0) is 11.3 Å². The van der Waals surface area contributed by atoms with Gasteiger partial charge in [0.2, 0.25) is 5.91 Å². The number of nitrogens with zero attached hydrogens (tertiary/aromatic N) is 2. The largest absolute Gasteiger partial charge is 0.324 e. The summed E-state index contributed by atoms with van der Waals surface area (Å²) in [6, 6.07) is 8.31. The van der Waals surface area contributed by atoms with Crippen molar-refractivity contribution in [3.8, 4) is 0 Å². The maximum atomic E-state index is 12.7. The molecule has 1 N–H and O–H groups in total. The summed E-state index contributed by atoms with van der Waals surface area (Å²) in [4.78, 5) is 23.2. The average Bonchev–Trinajstić information content (AvgIpc) is 2.37. The summed E-state index contributed by atoms with van der Waals surface area (Å²) in [5.41, 5.74) is 0.765. The summed E-state index contributed by atoms with van der Waals surface area (Å²) < 4.78 is 13.8. The molecule has 19 heavy (non-hydrogen) atoms. The van der Waals surface area contributed by atoms with Gasteiger partial charge in [0.25, 0.3) is 5.56 Å². The predicted molar refractivity (Wildman–Crippen MR) is 68.3 cm³/mol. The number of carbonyl (C=O) groups excluding carboxylic acids is 1. The van der Waals surface area contributed by atoms with Gasteiger partial charge in [0.15, 0.2) is 0 Å². The van der Waals surface area contributed by atoms with Gasteiger partial charge in [0.05, 0.1) is 5.69 Å². The van der Waals surface area contributed by atoms with Crippen molar-refractivity contribution >= 4 is 11.6 Å². The molecule has 1 heterocycles. The highest BCUT2D eigenvalue weighted by atomic mass is 19.1. The maximum absolute atomic E-state index is 12.7. The van der Waals surface area contributed by atoms with Gasteiger partial charge in [0, 0.05) is 11.8 Å². The van der Waals surface area contributed by atoms with Crippen molar-refractivity contribution in [2.75, 3.05) is 5.32 Å². The molecule has 0 saturated heterocycles. The van der Waals surface area contributed by atoms with Crippen LogP contribution in [0, 0.1) is 12.7 Å². The van der Waals surface area contributed by atoms with Crippen LogP contribution in [0.5, 0.6) is 0 Å². The lowest BCUT2D eigenvalue weighted by molar-refractivity contribution is -0.117. The lowest BCUT2D eigenvalue weighted by atomic mass is 10.3. The molecule has 98 valence electrons. The van der Waals surface area contributed by atoms with Gasteiger partial charge in [-0.25, -0.2) is 9.07 Å². The van der Waals surface area contributed by atoms with Crippen molar-refractivity contribution in [3.05, 3.63) is 58.3 Å². The van der Waals surface area contributed by atoms with Crippen LogP contribution in [0.25, 0.3) is 0 Å². The highest BCUT2D eigenvalue weighted by Crippen LogP contribution is 2.07. The first-order valence-electron chi connectivity index (χ1n) is 5.65. The Morgan fingerprint density at radius 2 is 1.95 bits per heavy atom. The molecule has 0 unspecified atom stereocenters. The standard InChI is InChI=1S/C13H12FN3O2/c1-9-2-7-13(19)17(16-9)8-12(18)15-11-5-3-10(14)4-6-11/h2-7H,8H2,1H3,(H,15,18). The smallest absolute Gasteiger partial charge is 0.267 e. The molecule has 2 rings (SSSR count). The van der Waals surface area contributed by atoms with Crippen molar-refractivity contribution in [1.29, 1.82) is 0 Å². The van der Waals surface area contributed by atoms with Gasteiger partial charge >= 0.3 is 0 Å². The number of hydrogen-bond donors (Lipinski definition) is 1.